The molecule has 5 N–H and O–H groups in total. The molecule has 2 aromatic heterocycles. The molecule has 0 radical (unpaired) electrons. The number of aryl methyl sites for hydroxylation is 2. The highest BCUT2D eigenvalue weighted by molar-refractivity contribution is 7.89. The van der Waals surface area contributed by atoms with E-state index in [9.17, 15) is 23.1 Å². The van der Waals surface area contributed by atoms with Crippen LogP contribution < -0.4 is 20.7 Å². The first-order valence-corrected chi connectivity index (χ1v) is 20.8. The molecule has 2 amide bonds. The molecule has 2 atom stereocenters. The van der Waals surface area contributed by atoms with Gasteiger partial charge in [0.2, 0.25) is 15.9 Å². The maximum absolute atomic E-state index is 12.9. The minimum absolute atomic E-state index is 0.0900. The largest absolute Gasteiger partial charge is 0.387 e. The molecule has 12 heteroatoms. The molecule has 300 valence electrons. The molecular weight excluding hydrogens is 749 g/mol. The lowest BCUT2D eigenvalue weighted by molar-refractivity contribution is -0.120. The van der Waals surface area contributed by atoms with Crippen molar-refractivity contribution < 1.29 is 23.1 Å². The fourth-order valence-electron chi connectivity index (χ4n) is 6.63. The second kappa shape index (κ2) is 19.5. The zero-order valence-corrected chi connectivity index (χ0v) is 33.8. The van der Waals surface area contributed by atoms with Gasteiger partial charge in [-0.15, -0.1) is 0 Å². The molecule has 4 aromatic carbocycles. The molecule has 0 saturated heterocycles. The molecule has 0 aliphatic carbocycles. The normalized spacial score (nSPS) is 12.5. The van der Waals surface area contributed by atoms with E-state index in [0.29, 0.717) is 18.7 Å². The molecule has 0 fully saturated rings. The van der Waals surface area contributed by atoms with E-state index < -0.39 is 16.1 Å². The molecule has 6 rings (SSSR count). The second-order valence-electron chi connectivity index (χ2n) is 14.5. The van der Waals surface area contributed by atoms with Crippen LogP contribution in [-0.4, -0.2) is 47.5 Å². The number of hydrogen-bond acceptors (Lipinski definition) is 7. The fourth-order valence-corrected chi connectivity index (χ4v) is 7.65. The van der Waals surface area contributed by atoms with E-state index in [1.807, 2.05) is 80.6 Å². The summed E-state index contributed by atoms with van der Waals surface area (Å²) in [4.78, 5) is 30.4. The van der Waals surface area contributed by atoms with Crippen LogP contribution in [-0.2, 0) is 47.3 Å². The third-order valence-corrected chi connectivity index (χ3v) is 11.3. The summed E-state index contributed by atoms with van der Waals surface area (Å²) in [5.41, 5.74) is 7.91. The molecule has 58 heavy (non-hydrogen) atoms. The summed E-state index contributed by atoms with van der Waals surface area (Å²) in [5, 5.41) is 20.1. The predicted molar refractivity (Wildman–Crippen MR) is 226 cm³/mol. The molecule has 0 aliphatic heterocycles. The maximum atomic E-state index is 12.9. The number of amides is 2. The van der Waals surface area contributed by atoms with Gasteiger partial charge in [-0.2, -0.15) is 0 Å². The van der Waals surface area contributed by atoms with E-state index in [0.717, 1.165) is 57.0 Å². The Balaban J connectivity index is 0.899. The first-order valence-electron chi connectivity index (χ1n) is 19.3. The molecule has 0 unspecified atom stereocenters. The van der Waals surface area contributed by atoms with Gasteiger partial charge in [-0.1, -0.05) is 84.9 Å². The van der Waals surface area contributed by atoms with E-state index in [-0.39, 0.29) is 42.3 Å². The Hall–Kier alpha value is -5.92. The summed E-state index contributed by atoms with van der Waals surface area (Å²) in [7, 11) is -3.68. The highest BCUT2D eigenvalue weighted by atomic mass is 32.2. The van der Waals surface area contributed by atoms with Crippen molar-refractivity contribution in [3.63, 3.8) is 0 Å². The number of sulfonamides is 1. The average Bonchev–Trinajstić information content (AvgIpc) is 3.58. The van der Waals surface area contributed by atoms with Gasteiger partial charge < -0.3 is 25.6 Å². The Morgan fingerprint density at radius 2 is 1.33 bits per heavy atom. The minimum Gasteiger partial charge on any atom is -0.387 e. The Labute approximate surface area is 340 Å². The lowest BCUT2D eigenvalue weighted by atomic mass is 10.0. The van der Waals surface area contributed by atoms with Crippen LogP contribution in [0.15, 0.2) is 138 Å². The third-order valence-electron chi connectivity index (χ3n) is 9.92. The highest BCUT2D eigenvalue weighted by Gasteiger charge is 2.15. The van der Waals surface area contributed by atoms with Crippen LogP contribution in [0.3, 0.4) is 0 Å². The maximum Gasteiger partial charge on any atom is 0.251 e. The number of carbonyl (C=O) groups is 2. The fraction of sp³-hybridized carbons (Fsp3) is 0.239. The summed E-state index contributed by atoms with van der Waals surface area (Å²) < 4.78 is 30.1. The highest BCUT2D eigenvalue weighted by Crippen LogP contribution is 2.18. The number of pyridine rings is 1. The first-order chi connectivity index (χ1) is 27.9. The van der Waals surface area contributed by atoms with Crippen molar-refractivity contribution in [2.45, 2.75) is 70.3 Å². The predicted octanol–water partition coefficient (Wildman–Crippen LogP) is 6.01. The van der Waals surface area contributed by atoms with Crippen LogP contribution in [0.5, 0.6) is 0 Å². The molecule has 6 aromatic rings. The van der Waals surface area contributed by atoms with E-state index >= 15 is 0 Å². The minimum atomic E-state index is -3.68. The molecule has 0 aliphatic rings. The number of benzene rings is 4. The summed E-state index contributed by atoms with van der Waals surface area (Å²) in [5.74, 6) is 0.449. The van der Waals surface area contributed by atoms with Crippen molar-refractivity contribution in [2.75, 3.05) is 6.54 Å². The lowest BCUT2D eigenvalue weighted by Crippen LogP contribution is -2.32. The van der Waals surface area contributed by atoms with Gasteiger partial charge in [0.15, 0.2) is 0 Å². The Morgan fingerprint density at radius 3 is 2.00 bits per heavy atom. The van der Waals surface area contributed by atoms with Gasteiger partial charge >= 0.3 is 0 Å². The molecular formula is C46H50N6O5S. The van der Waals surface area contributed by atoms with Gasteiger partial charge in [0, 0.05) is 60.9 Å². The van der Waals surface area contributed by atoms with E-state index in [4.69, 9.17) is 0 Å². The SMILES string of the molecule is Cc1ccc(C)n1-c1ccc([C@H](O)CN[C@H](C)Cc2cccc(CC(=O)NCc3ccc(C(=O)NCc4ccc(S(=O)(=O)NCc5ccccc5)cc4)cc3)c2)cn1. The molecule has 0 saturated carbocycles. The summed E-state index contributed by atoms with van der Waals surface area (Å²) in [6, 6.07) is 38.7. The quantitative estimate of drug-likeness (QED) is 0.0714. The van der Waals surface area contributed by atoms with Crippen LogP contribution in [0.2, 0.25) is 0 Å². The number of nitrogens with one attached hydrogen (secondary N) is 4. The van der Waals surface area contributed by atoms with Crippen LogP contribution in [0.1, 0.15) is 68.2 Å². The zero-order valence-electron chi connectivity index (χ0n) is 33.0. The van der Waals surface area contributed by atoms with E-state index in [1.54, 1.807) is 42.6 Å². The van der Waals surface area contributed by atoms with Crippen molar-refractivity contribution in [2.24, 2.45) is 0 Å². The van der Waals surface area contributed by atoms with Crippen molar-refractivity contribution in [3.05, 3.63) is 184 Å². The van der Waals surface area contributed by atoms with Gasteiger partial charge in [-0.25, -0.2) is 18.1 Å². The Kier molecular flexibility index (Phi) is 14.0. The van der Waals surface area contributed by atoms with Crippen LogP contribution in [0, 0.1) is 13.8 Å². The third kappa shape index (κ3) is 11.6. The number of carbonyl (C=O) groups excluding carboxylic acids is 2. The number of hydrogen-bond donors (Lipinski definition) is 5. The monoisotopic (exact) mass is 798 g/mol. The topological polar surface area (TPSA) is 154 Å². The van der Waals surface area contributed by atoms with Crippen molar-refractivity contribution >= 4 is 21.8 Å². The molecule has 2 heterocycles. The smallest absolute Gasteiger partial charge is 0.251 e. The van der Waals surface area contributed by atoms with Crippen LogP contribution in [0.25, 0.3) is 5.82 Å². The van der Waals surface area contributed by atoms with Crippen LogP contribution >= 0.6 is 0 Å². The van der Waals surface area contributed by atoms with E-state index in [2.05, 4.69) is 49.3 Å². The first kappa shape index (κ1) is 41.7. The number of aliphatic hydroxyl groups excluding tert-OH is 1. The molecule has 0 spiro atoms. The van der Waals surface area contributed by atoms with Crippen LogP contribution in [0.4, 0.5) is 0 Å². The summed E-state index contributed by atoms with van der Waals surface area (Å²) >= 11 is 0. The number of nitrogens with zero attached hydrogens (tertiary/aromatic N) is 2. The molecule has 0 bridgehead atoms. The van der Waals surface area contributed by atoms with Gasteiger partial charge in [0.05, 0.1) is 17.4 Å². The Morgan fingerprint density at radius 1 is 0.707 bits per heavy atom. The van der Waals surface area contributed by atoms with Gasteiger partial charge in [-0.3, -0.25) is 9.59 Å². The number of aliphatic hydroxyl groups is 1. The number of aromatic nitrogens is 2. The summed E-state index contributed by atoms with van der Waals surface area (Å²) in [6.45, 7) is 7.29. The second-order valence-corrected chi connectivity index (χ2v) is 16.3. The van der Waals surface area contributed by atoms with Crippen molar-refractivity contribution in [1.29, 1.82) is 0 Å². The van der Waals surface area contributed by atoms with Gasteiger partial charge in [0.1, 0.15) is 5.82 Å². The number of rotatable bonds is 18. The van der Waals surface area contributed by atoms with Crippen molar-refractivity contribution in [3.8, 4) is 5.82 Å². The zero-order chi connectivity index (χ0) is 41.1. The summed E-state index contributed by atoms with van der Waals surface area (Å²) in [6.07, 6.45) is 2.00. The molecule has 11 nitrogen and oxygen atoms in total. The van der Waals surface area contributed by atoms with Gasteiger partial charge in [0.25, 0.3) is 5.91 Å². The van der Waals surface area contributed by atoms with E-state index in [1.165, 1.54) is 12.1 Å². The Bertz CT molecular complexity index is 2380. The standard InChI is InChI=1S/C46H50N6O5S/c1-32(47-31-43(53)41-20-23-44(48-30-41)52-33(2)12-13-34(52)3)24-38-10-7-11-39(25-38)26-45(54)49-27-36-14-18-40(19-15-36)46(55)50-28-37-16-21-42(22-17-37)58(56,57)51-29-35-8-5-4-6-9-35/h4-23,25,30,32,43,47,51,53H,24,26-29,31H2,1-3H3,(H,49,54)(H,50,55)/t32-,43-/m1/s1. The average molecular weight is 799 g/mol. The lowest BCUT2D eigenvalue weighted by Gasteiger charge is -2.18. The van der Waals surface area contributed by atoms with Gasteiger partial charge in [-0.05, 0) is 97.5 Å². The van der Waals surface area contributed by atoms with Crippen molar-refractivity contribution in [1.82, 2.24) is 30.2 Å².